The lowest BCUT2D eigenvalue weighted by molar-refractivity contribution is -0.162. The van der Waals surface area contributed by atoms with Crippen molar-refractivity contribution in [1.29, 1.82) is 0 Å². The fraction of sp³-hybridized carbons (Fsp3) is 0.492. The van der Waals surface area contributed by atoms with Gasteiger partial charge in [0.15, 0.2) is 6.04 Å². The number of aliphatic carboxylic acids is 1. The number of aromatic amines is 2. The molecule has 4 aromatic rings. The lowest BCUT2D eigenvalue weighted by Crippen LogP contribution is -2.64. The number of hydrogen-bond acceptors (Lipinski definition) is 19. The molecule has 10 amide bonds. The largest absolute Gasteiger partial charge is 0.481 e. The minimum atomic E-state index is -2.19. The zero-order chi connectivity index (χ0) is 66.9. The summed E-state index contributed by atoms with van der Waals surface area (Å²) in [5.41, 5.74) is 7.08. The zero-order valence-electron chi connectivity index (χ0n) is 50.5. The summed E-state index contributed by atoms with van der Waals surface area (Å²) in [6, 6.07) is -3.00. The first-order valence-electron chi connectivity index (χ1n) is 29.4. The van der Waals surface area contributed by atoms with E-state index in [2.05, 4.69) is 47.2 Å². The molecule has 0 saturated carbocycles. The van der Waals surface area contributed by atoms with Crippen molar-refractivity contribution in [3.05, 3.63) is 77.7 Å². The molecular formula is C59H77N13O19. The molecule has 32 nitrogen and oxygen atoms in total. The number of rotatable bonds is 13. The molecule has 4 unspecified atom stereocenters. The van der Waals surface area contributed by atoms with Crippen LogP contribution in [-0.2, 0) is 62.3 Å². The highest BCUT2D eigenvalue weighted by atomic mass is 16.5. The van der Waals surface area contributed by atoms with Gasteiger partial charge in [-0.05, 0) is 63.3 Å². The fourth-order valence-electron chi connectivity index (χ4n) is 10.9. The van der Waals surface area contributed by atoms with Gasteiger partial charge >= 0.3 is 11.9 Å². The van der Waals surface area contributed by atoms with Crippen LogP contribution in [0.25, 0.3) is 27.9 Å². The first-order chi connectivity index (χ1) is 43.0. The molecule has 91 heavy (non-hydrogen) atoms. The van der Waals surface area contributed by atoms with Crippen LogP contribution in [0.4, 0.5) is 0 Å². The highest BCUT2D eigenvalue weighted by Crippen LogP contribution is 2.30. The molecule has 0 spiro atoms. The predicted octanol–water partition coefficient (Wildman–Crippen LogP) is -4.98. The maximum absolute atomic E-state index is 15.4. The number of carboxylic acid groups (broad SMARTS) is 1. The summed E-state index contributed by atoms with van der Waals surface area (Å²) in [4.78, 5) is 177. The van der Waals surface area contributed by atoms with Gasteiger partial charge in [-0.2, -0.15) is 0 Å². The summed E-state index contributed by atoms with van der Waals surface area (Å²) in [7, 11) is 0. The summed E-state index contributed by atoms with van der Waals surface area (Å²) in [5.74, 6) is -16.5. The van der Waals surface area contributed by atoms with Crippen molar-refractivity contribution in [2.24, 2.45) is 11.7 Å². The van der Waals surface area contributed by atoms with Gasteiger partial charge in [0.1, 0.15) is 54.1 Å². The van der Waals surface area contributed by atoms with E-state index in [1.807, 2.05) is 5.32 Å². The molecule has 3 fully saturated rings. The van der Waals surface area contributed by atoms with E-state index in [0.717, 1.165) is 30.6 Å². The first kappa shape index (κ1) is 69.1. The second-order valence-electron chi connectivity index (χ2n) is 23.1. The van der Waals surface area contributed by atoms with Crippen molar-refractivity contribution >= 4 is 98.9 Å². The number of carbonyl (C=O) groups excluding carboxylic acids is 11. The Balaban J connectivity index is 1.33. The molecular weight excluding hydrogens is 1190 g/mol. The Morgan fingerprint density at radius 2 is 1.30 bits per heavy atom. The number of H-pyrrole nitrogens is 2. The van der Waals surface area contributed by atoms with E-state index >= 15 is 9.59 Å². The van der Waals surface area contributed by atoms with Gasteiger partial charge in [0.25, 0.3) is 5.91 Å². The van der Waals surface area contributed by atoms with Gasteiger partial charge in [-0.25, -0.2) is 4.79 Å². The van der Waals surface area contributed by atoms with Crippen molar-refractivity contribution < 1.29 is 92.9 Å². The average Bonchev–Trinajstić information content (AvgIpc) is 1.89. The number of esters is 1. The number of aliphatic hydroxyl groups is 5. The molecule has 0 bridgehead atoms. The van der Waals surface area contributed by atoms with Crippen LogP contribution in [0.15, 0.2) is 66.6 Å². The summed E-state index contributed by atoms with van der Waals surface area (Å²) < 4.78 is 5.75. The molecule has 2 aromatic heterocycles. The summed E-state index contributed by atoms with van der Waals surface area (Å²) in [5, 5.41) is 84.7. The maximum atomic E-state index is 15.4. The molecule has 5 heterocycles. The quantitative estimate of drug-likeness (QED) is 0.0440. The Hall–Kier alpha value is -9.34. The standard InChI is InChI=1S/C59H77N13O19/c1-25(2)49(80)46-56(87)67-43(26(3)33-22-62-36-14-10-8-12-32(33)36)53(84)65-37(19-30-21-61-35-13-9-7-11-31(30)35)58(89)72-18-16-40(76)48(72)59(90)91-29(6)45(69-52(83)38(24-73)66-51(82)34(60)20-42(78)79)55(86)68-44(28(5)74)54(85)64-27(4)50(81)63-23-41(77)71-17-15-39(75)47(71)57(88)70-46/h7-14,19,21-22,25-29,34,38-40,43-49,61-62,73-76,80H,15-18,20,23-24,60H2,1-6H3,(H,63,81)(H,64,85)(H,65,84)(H,66,82)(H,67,87)(H,68,86)(H,69,83)(H,70,88)(H,78,79)/b37-19+/t26?,27-,28+,29+,34-,38-,39-,40+,43?,44?,45-,46-,47-,48-,49?/m0/s1. The molecule has 0 radical (unpaired) electrons. The van der Waals surface area contributed by atoms with Gasteiger partial charge in [-0.15, -0.1) is 0 Å². The number of aliphatic hydroxyl groups excluding tert-OH is 5. The average molecular weight is 1270 g/mol. The number of nitrogens with one attached hydrogen (secondary N) is 10. The minimum absolute atomic E-state index is 0.166. The van der Waals surface area contributed by atoms with Gasteiger partial charge in [0, 0.05) is 58.8 Å². The van der Waals surface area contributed by atoms with Crippen molar-refractivity contribution in [3.63, 3.8) is 0 Å². The third-order valence-electron chi connectivity index (χ3n) is 16.2. The number of carbonyl (C=O) groups is 12. The first-order valence-corrected chi connectivity index (χ1v) is 29.4. The summed E-state index contributed by atoms with van der Waals surface area (Å²) in [6.07, 6.45) is -5.75. The second-order valence-corrected chi connectivity index (χ2v) is 23.1. The number of nitrogens with zero attached hydrogens (tertiary/aromatic N) is 2. The van der Waals surface area contributed by atoms with Gasteiger partial charge < -0.3 is 103 Å². The second kappa shape index (κ2) is 30.0. The van der Waals surface area contributed by atoms with Gasteiger partial charge in [0.05, 0.1) is 50.0 Å². The number of nitrogens with two attached hydrogens (primary N) is 1. The molecule has 492 valence electrons. The van der Waals surface area contributed by atoms with E-state index < -0.39 is 200 Å². The van der Waals surface area contributed by atoms with E-state index in [1.165, 1.54) is 26.1 Å². The number of fused-ring (bicyclic) bond motifs is 4. The molecule has 15 atom stereocenters. The third kappa shape index (κ3) is 16.2. The smallest absolute Gasteiger partial charge is 0.331 e. The van der Waals surface area contributed by atoms with E-state index in [4.69, 9.17) is 10.5 Å². The number of hydrogen-bond donors (Lipinski definition) is 17. The van der Waals surface area contributed by atoms with E-state index in [0.29, 0.717) is 32.9 Å². The third-order valence-corrected chi connectivity index (χ3v) is 16.2. The van der Waals surface area contributed by atoms with E-state index in [1.54, 1.807) is 61.7 Å². The topological polar surface area (TPSA) is 496 Å². The molecule has 32 heteroatoms. The molecule has 3 aliphatic rings. The van der Waals surface area contributed by atoms with Crippen LogP contribution >= 0.6 is 0 Å². The fourth-order valence-corrected chi connectivity index (χ4v) is 10.9. The molecule has 18 N–H and O–H groups in total. The van der Waals surface area contributed by atoms with Crippen LogP contribution in [-0.4, -0.2) is 233 Å². The highest BCUT2D eigenvalue weighted by molar-refractivity contribution is 6.07. The SMILES string of the molecule is CC(C)C(O)[C@@H]1NC(=O)[C@@H]2[C@@H](O)CCN2C(=O)CNC(=O)[C@H](C)NC(=O)C([C@@H](C)O)NC(=O)[C@@H](NC(=O)[C@H](CO)NC(=O)[C@@H](N)CC(=O)O)[C@@H](C)OC(=O)[C@@H]2[C@H](O)CCN2C(=O)/C(=C\c2c[nH]c3ccccc23)NC(=O)C(C(C)c2c[nH]c3ccccc23)NC1=O. The van der Waals surface area contributed by atoms with Gasteiger partial charge in [-0.3, -0.25) is 52.7 Å². The van der Waals surface area contributed by atoms with Crippen molar-refractivity contribution in [2.75, 3.05) is 26.2 Å². The van der Waals surface area contributed by atoms with Crippen molar-refractivity contribution in [2.45, 2.75) is 152 Å². The number of carboxylic acids is 1. The molecule has 3 aliphatic heterocycles. The summed E-state index contributed by atoms with van der Waals surface area (Å²) in [6.45, 7) is 5.17. The molecule has 0 aliphatic carbocycles. The lowest BCUT2D eigenvalue weighted by Gasteiger charge is -2.33. The Morgan fingerprint density at radius 1 is 0.714 bits per heavy atom. The summed E-state index contributed by atoms with van der Waals surface area (Å²) >= 11 is 0. The number of amides is 10. The minimum Gasteiger partial charge on any atom is -0.481 e. The zero-order valence-corrected chi connectivity index (χ0v) is 50.5. The Labute approximate surface area is 519 Å². The van der Waals surface area contributed by atoms with E-state index in [9.17, 15) is 78.6 Å². The molecule has 3 saturated heterocycles. The highest BCUT2D eigenvalue weighted by Gasteiger charge is 2.48. The number of ether oxygens (including phenoxy) is 1. The van der Waals surface area contributed by atoms with E-state index in [-0.39, 0.29) is 19.4 Å². The van der Waals surface area contributed by atoms with Crippen LogP contribution in [0.5, 0.6) is 0 Å². The molecule has 7 rings (SSSR count). The Kier molecular flexibility index (Phi) is 22.8. The van der Waals surface area contributed by atoms with Crippen LogP contribution < -0.4 is 48.3 Å². The van der Waals surface area contributed by atoms with Crippen LogP contribution in [0.3, 0.4) is 0 Å². The van der Waals surface area contributed by atoms with Crippen LogP contribution in [0.2, 0.25) is 0 Å². The molecule has 2 aromatic carbocycles. The number of para-hydroxylation sites is 2. The lowest BCUT2D eigenvalue weighted by atomic mass is 9.91. The Morgan fingerprint density at radius 3 is 1.93 bits per heavy atom. The Bertz CT molecular complexity index is 3460. The number of cyclic esters (lactones) is 1. The predicted molar refractivity (Wildman–Crippen MR) is 319 cm³/mol. The van der Waals surface area contributed by atoms with Crippen molar-refractivity contribution in [3.8, 4) is 0 Å². The van der Waals surface area contributed by atoms with Crippen molar-refractivity contribution in [1.82, 2.24) is 62.3 Å². The van der Waals surface area contributed by atoms with Gasteiger partial charge in [-0.1, -0.05) is 57.2 Å². The maximum Gasteiger partial charge on any atom is 0.331 e. The van der Waals surface area contributed by atoms with Gasteiger partial charge in [0.2, 0.25) is 53.2 Å². The van der Waals surface area contributed by atoms with Crippen LogP contribution in [0.1, 0.15) is 77.8 Å². The number of benzene rings is 2. The monoisotopic (exact) mass is 1270 g/mol. The number of aromatic nitrogens is 2. The normalized spacial score (nSPS) is 27.0. The van der Waals surface area contributed by atoms with Crippen LogP contribution in [0, 0.1) is 5.92 Å².